The lowest BCUT2D eigenvalue weighted by Crippen LogP contribution is -2.52. The third-order valence-corrected chi connectivity index (χ3v) is 5.22. The van der Waals surface area contributed by atoms with Crippen molar-refractivity contribution in [1.82, 2.24) is 0 Å². The minimum atomic E-state index is -0.120. The molecule has 2 aliphatic heterocycles. The fraction of sp³-hybridized carbons (Fsp3) is 0.667. The molecular weight excluding hydrogens is 248 g/mol. The summed E-state index contributed by atoms with van der Waals surface area (Å²) in [4.78, 5) is 0. The van der Waals surface area contributed by atoms with Gasteiger partial charge in [-0.2, -0.15) is 0 Å². The van der Waals surface area contributed by atoms with Crippen LogP contribution >= 0.6 is 0 Å². The van der Waals surface area contributed by atoms with E-state index in [-0.39, 0.29) is 17.3 Å². The number of hydrogen-bond donors (Lipinski definition) is 0. The molecule has 0 amide bonds. The van der Waals surface area contributed by atoms with Crippen LogP contribution in [0.3, 0.4) is 0 Å². The van der Waals surface area contributed by atoms with Gasteiger partial charge in [0.05, 0.1) is 23.9 Å². The maximum Gasteiger partial charge on any atom is 0.0922 e. The van der Waals surface area contributed by atoms with Crippen LogP contribution in [-0.2, 0) is 16.1 Å². The molecule has 3 unspecified atom stereocenters. The van der Waals surface area contributed by atoms with Gasteiger partial charge in [0.2, 0.25) is 0 Å². The van der Waals surface area contributed by atoms with Gasteiger partial charge in [0, 0.05) is 0 Å². The van der Waals surface area contributed by atoms with E-state index in [1.54, 1.807) is 0 Å². The van der Waals surface area contributed by atoms with Crippen molar-refractivity contribution in [3.8, 4) is 0 Å². The Balaban J connectivity index is 1.71. The molecule has 2 bridgehead atoms. The van der Waals surface area contributed by atoms with Gasteiger partial charge in [0.15, 0.2) is 0 Å². The first-order valence-corrected chi connectivity index (χ1v) is 7.85. The minimum absolute atomic E-state index is 0.00213. The Hall–Kier alpha value is -0.860. The first kappa shape index (κ1) is 14.1. The normalized spacial score (nSPS) is 35.8. The quantitative estimate of drug-likeness (QED) is 0.816. The van der Waals surface area contributed by atoms with E-state index in [1.165, 1.54) is 18.4 Å². The summed E-state index contributed by atoms with van der Waals surface area (Å²) in [6.45, 7) is 7.42. The SMILES string of the molecule is CC1(C)OC2(C)CCC1CCC2OCc1ccccc1. The van der Waals surface area contributed by atoms with Gasteiger partial charge >= 0.3 is 0 Å². The van der Waals surface area contributed by atoms with E-state index in [0.717, 1.165) is 12.8 Å². The number of benzene rings is 1. The van der Waals surface area contributed by atoms with Gasteiger partial charge in [-0.15, -0.1) is 0 Å². The smallest absolute Gasteiger partial charge is 0.0922 e. The fourth-order valence-corrected chi connectivity index (χ4v) is 3.95. The van der Waals surface area contributed by atoms with Gasteiger partial charge in [0.1, 0.15) is 0 Å². The van der Waals surface area contributed by atoms with Crippen molar-refractivity contribution in [1.29, 1.82) is 0 Å². The molecule has 1 aromatic carbocycles. The third-order valence-electron chi connectivity index (χ3n) is 5.22. The zero-order chi connectivity index (χ0) is 14.2. The van der Waals surface area contributed by atoms with Gasteiger partial charge in [-0.05, 0) is 57.9 Å². The predicted molar refractivity (Wildman–Crippen MR) is 80.5 cm³/mol. The van der Waals surface area contributed by atoms with E-state index < -0.39 is 0 Å². The van der Waals surface area contributed by atoms with Crippen LogP contribution in [0.4, 0.5) is 0 Å². The molecule has 3 atom stereocenters. The van der Waals surface area contributed by atoms with Crippen molar-refractivity contribution < 1.29 is 9.47 Å². The molecule has 2 nitrogen and oxygen atoms in total. The molecule has 1 aliphatic carbocycles. The van der Waals surface area contributed by atoms with Crippen molar-refractivity contribution >= 4 is 0 Å². The summed E-state index contributed by atoms with van der Waals surface area (Å²) in [7, 11) is 0. The highest BCUT2D eigenvalue weighted by molar-refractivity contribution is 5.13. The summed E-state index contributed by atoms with van der Waals surface area (Å²) in [5, 5.41) is 0. The topological polar surface area (TPSA) is 18.5 Å². The van der Waals surface area contributed by atoms with Crippen molar-refractivity contribution in [2.45, 2.75) is 70.4 Å². The van der Waals surface area contributed by atoms with Crippen LogP contribution in [0.15, 0.2) is 30.3 Å². The van der Waals surface area contributed by atoms with Crippen LogP contribution in [0, 0.1) is 5.92 Å². The molecule has 0 N–H and O–H groups in total. The van der Waals surface area contributed by atoms with Crippen molar-refractivity contribution in [2.75, 3.05) is 0 Å². The van der Waals surface area contributed by atoms with E-state index in [9.17, 15) is 0 Å². The standard InChI is InChI=1S/C18H26O2/c1-17(2)15-9-10-16(18(3,20-17)12-11-15)19-13-14-7-5-4-6-8-14/h4-8,15-16H,9-13H2,1-3H3. The lowest BCUT2D eigenvalue weighted by molar-refractivity contribution is -0.223. The highest BCUT2D eigenvalue weighted by atomic mass is 16.6. The summed E-state index contributed by atoms with van der Waals surface area (Å²) in [5.74, 6) is 0.681. The van der Waals surface area contributed by atoms with Gasteiger partial charge < -0.3 is 9.47 Å². The monoisotopic (exact) mass is 274 g/mol. The van der Waals surface area contributed by atoms with Crippen LogP contribution < -0.4 is 0 Å². The molecule has 3 aliphatic rings. The molecule has 1 aromatic rings. The van der Waals surface area contributed by atoms with E-state index in [4.69, 9.17) is 9.47 Å². The Labute approximate surface area is 122 Å². The minimum Gasteiger partial charge on any atom is -0.371 e. The van der Waals surface area contributed by atoms with Crippen LogP contribution in [-0.4, -0.2) is 17.3 Å². The largest absolute Gasteiger partial charge is 0.371 e. The Morgan fingerprint density at radius 1 is 1.10 bits per heavy atom. The molecule has 3 fully saturated rings. The van der Waals surface area contributed by atoms with Gasteiger partial charge in [-0.3, -0.25) is 0 Å². The van der Waals surface area contributed by atoms with Crippen molar-refractivity contribution in [3.05, 3.63) is 35.9 Å². The molecule has 0 spiro atoms. The molecule has 1 saturated carbocycles. The van der Waals surface area contributed by atoms with Gasteiger partial charge in [-0.1, -0.05) is 30.3 Å². The maximum atomic E-state index is 6.46. The van der Waals surface area contributed by atoms with Crippen LogP contribution in [0.25, 0.3) is 0 Å². The number of rotatable bonds is 3. The summed E-state index contributed by atoms with van der Waals surface area (Å²) < 4.78 is 12.7. The van der Waals surface area contributed by atoms with Crippen molar-refractivity contribution in [2.24, 2.45) is 5.92 Å². The molecule has 2 heterocycles. The Kier molecular flexibility index (Phi) is 3.64. The summed E-state index contributed by atoms with van der Waals surface area (Å²) in [5.41, 5.74) is 1.12. The number of ether oxygens (including phenoxy) is 2. The highest BCUT2D eigenvalue weighted by Gasteiger charge is 2.50. The lowest BCUT2D eigenvalue weighted by atomic mass is 9.80. The zero-order valence-corrected chi connectivity index (χ0v) is 12.9. The van der Waals surface area contributed by atoms with E-state index in [2.05, 4.69) is 45.0 Å². The molecule has 0 radical (unpaired) electrons. The Bertz CT molecular complexity index is 454. The molecule has 4 rings (SSSR count). The van der Waals surface area contributed by atoms with Crippen LogP contribution in [0.1, 0.15) is 52.0 Å². The first-order valence-electron chi connectivity index (χ1n) is 7.85. The highest BCUT2D eigenvalue weighted by Crippen LogP contribution is 2.48. The lowest BCUT2D eigenvalue weighted by Gasteiger charge is -2.47. The average Bonchev–Trinajstić information content (AvgIpc) is 2.61. The van der Waals surface area contributed by atoms with Gasteiger partial charge in [0.25, 0.3) is 0 Å². The summed E-state index contributed by atoms with van der Waals surface area (Å²) in [6.07, 6.45) is 4.96. The van der Waals surface area contributed by atoms with Crippen LogP contribution in [0.5, 0.6) is 0 Å². The van der Waals surface area contributed by atoms with E-state index >= 15 is 0 Å². The van der Waals surface area contributed by atoms with Gasteiger partial charge in [-0.25, -0.2) is 0 Å². The zero-order valence-electron chi connectivity index (χ0n) is 12.9. The van der Waals surface area contributed by atoms with E-state index in [0.29, 0.717) is 12.5 Å². The summed E-state index contributed by atoms with van der Waals surface area (Å²) in [6, 6.07) is 10.4. The number of hydrogen-bond acceptors (Lipinski definition) is 2. The second kappa shape index (κ2) is 5.16. The molecule has 0 aromatic heterocycles. The molecule has 20 heavy (non-hydrogen) atoms. The predicted octanol–water partition coefficient (Wildman–Crippen LogP) is 4.33. The molecular formula is C18H26O2. The first-order chi connectivity index (χ1) is 9.50. The van der Waals surface area contributed by atoms with Crippen molar-refractivity contribution in [3.63, 3.8) is 0 Å². The fourth-order valence-electron chi connectivity index (χ4n) is 3.95. The molecule has 110 valence electrons. The second-order valence-electron chi connectivity index (χ2n) is 7.12. The van der Waals surface area contributed by atoms with Crippen LogP contribution in [0.2, 0.25) is 0 Å². The third kappa shape index (κ3) is 2.64. The molecule has 2 saturated heterocycles. The van der Waals surface area contributed by atoms with E-state index in [1.807, 2.05) is 6.07 Å². The Morgan fingerprint density at radius 2 is 1.85 bits per heavy atom. The Morgan fingerprint density at radius 3 is 2.55 bits per heavy atom. The summed E-state index contributed by atoms with van der Waals surface area (Å²) >= 11 is 0. The second-order valence-corrected chi connectivity index (χ2v) is 7.12. The maximum absolute atomic E-state index is 6.46. The average molecular weight is 274 g/mol. The number of fused-ring (bicyclic) bond motifs is 4. The molecule has 2 heteroatoms.